The molecule has 1 saturated heterocycles. The summed E-state index contributed by atoms with van der Waals surface area (Å²) in [4.78, 5) is 16.3. The fourth-order valence-corrected chi connectivity index (χ4v) is 3.03. The molecule has 1 aliphatic heterocycles. The van der Waals surface area contributed by atoms with E-state index in [1.54, 1.807) is 11.3 Å². The number of aryl methyl sites for hydroxylation is 1. The zero-order chi connectivity index (χ0) is 13.1. The molecule has 1 aromatic rings. The number of ether oxygens (including phenoxy) is 1. The van der Waals surface area contributed by atoms with Gasteiger partial charge in [0.2, 0.25) is 0 Å². The molecule has 5 heteroatoms. The summed E-state index contributed by atoms with van der Waals surface area (Å²) in [5.74, 6) is 0. The van der Waals surface area contributed by atoms with E-state index >= 15 is 0 Å². The largest absolute Gasteiger partial charge is 0.372 e. The van der Waals surface area contributed by atoms with Gasteiger partial charge in [-0.15, -0.1) is 11.3 Å². The summed E-state index contributed by atoms with van der Waals surface area (Å²) in [6.07, 6.45) is 0.229. The Balaban J connectivity index is 1.84. The van der Waals surface area contributed by atoms with E-state index in [-0.39, 0.29) is 18.2 Å². The van der Waals surface area contributed by atoms with Gasteiger partial charge < -0.3 is 15.0 Å². The third kappa shape index (κ3) is 3.46. The summed E-state index contributed by atoms with van der Waals surface area (Å²) >= 11 is 1.72. The Morgan fingerprint density at radius 2 is 2.11 bits per heavy atom. The van der Waals surface area contributed by atoms with Crippen molar-refractivity contribution in [3.8, 4) is 0 Å². The molecular formula is C13H20N2O2S. The third-order valence-electron chi connectivity index (χ3n) is 2.92. The Hall–Kier alpha value is -1.07. The monoisotopic (exact) mass is 268 g/mol. The number of amides is 2. The number of urea groups is 1. The fourth-order valence-electron chi connectivity index (χ4n) is 2.20. The van der Waals surface area contributed by atoms with Gasteiger partial charge in [0.25, 0.3) is 0 Å². The molecule has 4 nitrogen and oxygen atoms in total. The van der Waals surface area contributed by atoms with Crippen LogP contribution in [0.15, 0.2) is 12.1 Å². The molecule has 2 rings (SSSR count). The number of hydrogen-bond donors (Lipinski definition) is 1. The van der Waals surface area contributed by atoms with Crippen LogP contribution in [0.3, 0.4) is 0 Å². The minimum absolute atomic E-state index is 0.00283. The molecule has 100 valence electrons. The van der Waals surface area contributed by atoms with Crippen LogP contribution in [-0.2, 0) is 11.3 Å². The van der Waals surface area contributed by atoms with Crippen molar-refractivity contribution in [1.82, 2.24) is 10.2 Å². The number of nitrogens with zero attached hydrogens (tertiary/aromatic N) is 1. The molecule has 2 heterocycles. The standard InChI is InChI=1S/C13H20N2O2S/c1-9-7-15(8-10(2)17-9)13(16)14-6-12-5-4-11(3)18-12/h4-5,9-10H,6-8H2,1-3H3,(H,14,16). The Kier molecular flexibility index (Phi) is 4.24. The second-order valence-electron chi connectivity index (χ2n) is 4.83. The number of thiophene rings is 1. The van der Waals surface area contributed by atoms with Gasteiger partial charge in [0.05, 0.1) is 18.8 Å². The number of hydrogen-bond acceptors (Lipinski definition) is 3. The lowest BCUT2D eigenvalue weighted by Gasteiger charge is -2.35. The normalized spacial score (nSPS) is 24.1. The SMILES string of the molecule is Cc1ccc(CNC(=O)N2CC(C)OC(C)C2)s1. The number of carbonyl (C=O) groups is 1. The second kappa shape index (κ2) is 5.71. The van der Waals surface area contributed by atoms with E-state index < -0.39 is 0 Å². The zero-order valence-electron chi connectivity index (χ0n) is 11.1. The van der Waals surface area contributed by atoms with Crippen LogP contribution in [0.2, 0.25) is 0 Å². The molecule has 2 amide bonds. The van der Waals surface area contributed by atoms with Gasteiger partial charge in [-0.05, 0) is 32.9 Å². The lowest BCUT2D eigenvalue weighted by molar-refractivity contribution is -0.0545. The van der Waals surface area contributed by atoms with Crippen LogP contribution in [0.1, 0.15) is 23.6 Å². The van der Waals surface area contributed by atoms with Crippen molar-refractivity contribution < 1.29 is 9.53 Å². The molecule has 18 heavy (non-hydrogen) atoms. The average molecular weight is 268 g/mol. The highest BCUT2D eigenvalue weighted by Crippen LogP contribution is 2.15. The smallest absolute Gasteiger partial charge is 0.317 e. The van der Waals surface area contributed by atoms with Crippen molar-refractivity contribution in [3.05, 3.63) is 21.9 Å². The van der Waals surface area contributed by atoms with Gasteiger partial charge in [0.15, 0.2) is 0 Å². The molecule has 2 unspecified atom stereocenters. The summed E-state index contributed by atoms with van der Waals surface area (Å²) in [5, 5.41) is 2.96. The molecule has 0 aliphatic carbocycles. The van der Waals surface area contributed by atoms with E-state index in [0.717, 1.165) is 0 Å². The van der Waals surface area contributed by atoms with Crippen LogP contribution < -0.4 is 5.32 Å². The molecule has 1 aliphatic rings. The minimum atomic E-state index is 0.00283. The first kappa shape index (κ1) is 13.4. The predicted octanol–water partition coefficient (Wildman–Crippen LogP) is 2.38. The van der Waals surface area contributed by atoms with Crippen molar-refractivity contribution in [1.29, 1.82) is 0 Å². The number of rotatable bonds is 2. The quantitative estimate of drug-likeness (QED) is 0.894. The van der Waals surface area contributed by atoms with E-state index in [1.807, 2.05) is 18.7 Å². The maximum atomic E-state index is 12.0. The molecule has 1 fully saturated rings. The summed E-state index contributed by atoms with van der Waals surface area (Å²) in [6.45, 7) is 8.01. The highest BCUT2D eigenvalue weighted by atomic mass is 32.1. The maximum absolute atomic E-state index is 12.0. The average Bonchev–Trinajstić information content (AvgIpc) is 2.70. The molecule has 0 bridgehead atoms. The first-order valence-corrected chi connectivity index (χ1v) is 7.10. The van der Waals surface area contributed by atoms with E-state index in [2.05, 4.69) is 24.4 Å². The summed E-state index contributed by atoms with van der Waals surface area (Å²) < 4.78 is 5.61. The van der Waals surface area contributed by atoms with Gasteiger partial charge in [0, 0.05) is 22.8 Å². The number of carbonyl (C=O) groups excluding carboxylic acids is 1. The van der Waals surface area contributed by atoms with Crippen molar-refractivity contribution >= 4 is 17.4 Å². The second-order valence-corrected chi connectivity index (χ2v) is 6.21. The van der Waals surface area contributed by atoms with Crippen LogP contribution in [0, 0.1) is 6.92 Å². The van der Waals surface area contributed by atoms with Crippen LogP contribution in [0.4, 0.5) is 4.79 Å². The lowest BCUT2D eigenvalue weighted by atomic mass is 10.2. The first-order valence-electron chi connectivity index (χ1n) is 6.28. The highest BCUT2D eigenvalue weighted by molar-refractivity contribution is 7.11. The first-order chi connectivity index (χ1) is 8.54. The summed E-state index contributed by atoms with van der Waals surface area (Å²) in [7, 11) is 0. The van der Waals surface area contributed by atoms with Crippen molar-refractivity contribution in [3.63, 3.8) is 0 Å². The van der Waals surface area contributed by atoms with Gasteiger partial charge in [-0.1, -0.05) is 0 Å². The van der Waals surface area contributed by atoms with Gasteiger partial charge in [-0.3, -0.25) is 0 Å². The summed E-state index contributed by atoms with van der Waals surface area (Å²) in [5.41, 5.74) is 0. The lowest BCUT2D eigenvalue weighted by Crippen LogP contribution is -2.51. The Labute approximate surface area is 112 Å². The van der Waals surface area contributed by atoms with Crippen molar-refractivity contribution in [2.75, 3.05) is 13.1 Å². The predicted molar refractivity (Wildman–Crippen MR) is 72.9 cm³/mol. The topological polar surface area (TPSA) is 41.6 Å². The molecule has 2 atom stereocenters. The van der Waals surface area contributed by atoms with E-state index in [0.29, 0.717) is 19.6 Å². The van der Waals surface area contributed by atoms with Gasteiger partial charge >= 0.3 is 6.03 Å². The van der Waals surface area contributed by atoms with E-state index in [1.165, 1.54) is 9.75 Å². The van der Waals surface area contributed by atoms with Gasteiger partial charge in [-0.2, -0.15) is 0 Å². The molecule has 1 aromatic heterocycles. The van der Waals surface area contributed by atoms with Gasteiger partial charge in [0.1, 0.15) is 0 Å². The van der Waals surface area contributed by atoms with Crippen LogP contribution in [-0.4, -0.2) is 36.2 Å². The van der Waals surface area contributed by atoms with E-state index in [4.69, 9.17) is 4.74 Å². The third-order valence-corrected chi connectivity index (χ3v) is 3.92. The summed E-state index contributed by atoms with van der Waals surface area (Å²) in [6, 6.07) is 4.14. The van der Waals surface area contributed by atoms with Crippen LogP contribution >= 0.6 is 11.3 Å². The molecule has 0 saturated carbocycles. The zero-order valence-corrected chi connectivity index (χ0v) is 11.9. The molecular weight excluding hydrogens is 248 g/mol. The molecule has 1 N–H and O–H groups in total. The Morgan fingerprint density at radius 3 is 2.67 bits per heavy atom. The fraction of sp³-hybridized carbons (Fsp3) is 0.615. The minimum Gasteiger partial charge on any atom is -0.372 e. The Bertz CT molecular complexity index is 409. The van der Waals surface area contributed by atoms with Gasteiger partial charge in [-0.25, -0.2) is 4.79 Å². The number of morpholine rings is 1. The molecule has 0 spiro atoms. The van der Waals surface area contributed by atoms with E-state index in [9.17, 15) is 4.79 Å². The Morgan fingerprint density at radius 1 is 1.44 bits per heavy atom. The maximum Gasteiger partial charge on any atom is 0.317 e. The molecule has 0 aromatic carbocycles. The van der Waals surface area contributed by atoms with Crippen molar-refractivity contribution in [2.24, 2.45) is 0 Å². The van der Waals surface area contributed by atoms with Crippen LogP contribution in [0.25, 0.3) is 0 Å². The highest BCUT2D eigenvalue weighted by Gasteiger charge is 2.25. The van der Waals surface area contributed by atoms with Crippen molar-refractivity contribution in [2.45, 2.75) is 39.5 Å². The number of nitrogens with one attached hydrogen (secondary N) is 1. The molecule has 0 radical (unpaired) electrons. The van der Waals surface area contributed by atoms with Crippen LogP contribution in [0.5, 0.6) is 0 Å².